The summed E-state index contributed by atoms with van der Waals surface area (Å²) in [5.74, 6) is 1.87. The van der Waals surface area contributed by atoms with E-state index in [1.165, 1.54) is 0 Å². The van der Waals surface area contributed by atoms with Crippen LogP contribution in [0.25, 0.3) is 0 Å². The van der Waals surface area contributed by atoms with Crippen molar-refractivity contribution in [1.29, 1.82) is 0 Å². The molecule has 5 heteroatoms. The molecule has 2 N–H and O–H groups in total. The third-order valence-electron chi connectivity index (χ3n) is 3.04. The molecule has 0 saturated carbocycles. The molecule has 2 aromatic rings. The number of ether oxygens (including phenoxy) is 3. The van der Waals surface area contributed by atoms with E-state index in [4.69, 9.17) is 31.5 Å². The normalized spacial score (nSPS) is 10.3. The number of hydrogen-bond donors (Lipinski definition) is 1. The van der Waals surface area contributed by atoms with Crippen LogP contribution in [0.4, 0.5) is 0 Å². The van der Waals surface area contributed by atoms with E-state index in [9.17, 15) is 0 Å². The van der Waals surface area contributed by atoms with E-state index >= 15 is 0 Å². The summed E-state index contributed by atoms with van der Waals surface area (Å²) in [4.78, 5) is 0. The van der Waals surface area contributed by atoms with E-state index < -0.39 is 0 Å². The minimum absolute atomic E-state index is 0.370. The Bertz CT molecular complexity index is 616. The minimum Gasteiger partial charge on any atom is -0.497 e. The first kappa shape index (κ1) is 15.5. The summed E-state index contributed by atoms with van der Waals surface area (Å²) >= 11 is 6.23. The molecule has 0 spiro atoms. The largest absolute Gasteiger partial charge is 0.497 e. The third kappa shape index (κ3) is 3.80. The van der Waals surface area contributed by atoms with Gasteiger partial charge in [0.1, 0.15) is 12.4 Å². The zero-order valence-electron chi connectivity index (χ0n) is 12.1. The highest BCUT2D eigenvalue weighted by molar-refractivity contribution is 6.32. The Morgan fingerprint density at radius 1 is 1.05 bits per heavy atom. The molecule has 0 aliphatic heterocycles. The topological polar surface area (TPSA) is 53.7 Å². The third-order valence-corrected chi connectivity index (χ3v) is 3.32. The van der Waals surface area contributed by atoms with Crippen molar-refractivity contribution in [3.63, 3.8) is 0 Å². The first-order valence-corrected chi connectivity index (χ1v) is 6.88. The van der Waals surface area contributed by atoms with Gasteiger partial charge in [-0.2, -0.15) is 0 Å². The lowest BCUT2D eigenvalue weighted by Crippen LogP contribution is -2.02. The quantitative estimate of drug-likeness (QED) is 0.888. The lowest BCUT2D eigenvalue weighted by atomic mass is 10.2. The van der Waals surface area contributed by atoms with Crippen molar-refractivity contribution in [2.24, 2.45) is 5.73 Å². The van der Waals surface area contributed by atoms with Gasteiger partial charge >= 0.3 is 0 Å². The summed E-state index contributed by atoms with van der Waals surface area (Å²) in [5.41, 5.74) is 7.50. The van der Waals surface area contributed by atoms with Gasteiger partial charge < -0.3 is 19.9 Å². The molecule has 0 unspecified atom stereocenters. The summed E-state index contributed by atoms with van der Waals surface area (Å²) < 4.78 is 16.3. The van der Waals surface area contributed by atoms with E-state index in [2.05, 4.69) is 0 Å². The molecule has 112 valence electrons. The highest BCUT2D eigenvalue weighted by atomic mass is 35.5. The number of halogens is 1. The predicted octanol–water partition coefficient (Wildman–Crippen LogP) is 3.39. The van der Waals surface area contributed by atoms with Crippen LogP contribution >= 0.6 is 11.6 Å². The molecule has 0 aliphatic rings. The molecule has 0 bridgehead atoms. The molecule has 21 heavy (non-hydrogen) atoms. The van der Waals surface area contributed by atoms with E-state index in [1.807, 2.05) is 30.3 Å². The molecule has 2 rings (SSSR count). The molecule has 0 atom stereocenters. The van der Waals surface area contributed by atoms with Crippen LogP contribution in [0, 0.1) is 0 Å². The Morgan fingerprint density at radius 3 is 2.52 bits per heavy atom. The standard InChI is InChI=1S/C16H18ClNO3/c1-19-13-5-3-4-11(6-13)10-21-16-14(17)7-12(9-18)8-15(16)20-2/h3-8H,9-10,18H2,1-2H3. The van der Waals surface area contributed by atoms with Gasteiger partial charge in [0.25, 0.3) is 0 Å². The summed E-state index contributed by atoms with van der Waals surface area (Å²) in [5, 5.41) is 0.484. The van der Waals surface area contributed by atoms with Gasteiger partial charge in [-0.25, -0.2) is 0 Å². The van der Waals surface area contributed by atoms with Crippen molar-refractivity contribution in [2.45, 2.75) is 13.2 Å². The second kappa shape index (κ2) is 7.20. The van der Waals surface area contributed by atoms with Crippen LogP contribution in [0.5, 0.6) is 17.2 Å². The fourth-order valence-electron chi connectivity index (χ4n) is 1.95. The number of rotatable bonds is 6. The Kier molecular flexibility index (Phi) is 5.31. The lowest BCUT2D eigenvalue weighted by Gasteiger charge is -2.14. The van der Waals surface area contributed by atoms with Crippen LogP contribution in [0.3, 0.4) is 0 Å². The van der Waals surface area contributed by atoms with Crippen LogP contribution < -0.4 is 19.9 Å². The van der Waals surface area contributed by atoms with E-state index in [1.54, 1.807) is 20.3 Å². The zero-order chi connectivity index (χ0) is 15.2. The van der Waals surface area contributed by atoms with E-state index in [0.29, 0.717) is 29.7 Å². The maximum atomic E-state index is 6.23. The first-order valence-electron chi connectivity index (χ1n) is 6.50. The lowest BCUT2D eigenvalue weighted by molar-refractivity contribution is 0.284. The number of hydrogen-bond acceptors (Lipinski definition) is 4. The van der Waals surface area contributed by atoms with Gasteiger partial charge in [-0.3, -0.25) is 0 Å². The van der Waals surface area contributed by atoms with Gasteiger partial charge in [-0.05, 0) is 35.4 Å². The van der Waals surface area contributed by atoms with E-state index in [-0.39, 0.29) is 0 Å². The zero-order valence-corrected chi connectivity index (χ0v) is 12.8. The second-order valence-corrected chi connectivity index (χ2v) is 4.86. The maximum Gasteiger partial charge on any atom is 0.180 e. The molecule has 4 nitrogen and oxygen atoms in total. The average Bonchev–Trinajstić information content (AvgIpc) is 2.53. The Morgan fingerprint density at radius 2 is 1.86 bits per heavy atom. The molecule has 0 saturated heterocycles. The summed E-state index contributed by atoms with van der Waals surface area (Å²) in [6.45, 7) is 0.765. The summed E-state index contributed by atoms with van der Waals surface area (Å²) in [7, 11) is 3.20. The second-order valence-electron chi connectivity index (χ2n) is 4.45. The molecule has 0 radical (unpaired) electrons. The molecule has 0 aromatic heterocycles. The predicted molar refractivity (Wildman–Crippen MR) is 83.2 cm³/mol. The molecular weight excluding hydrogens is 290 g/mol. The highest BCUT2D eigenvalue weighted by Crippen LogP contribution is 2.37. The Labute approximate surface area is 129 Å². The van der Waals surface area contributed by atoms with Gasteiger partial charge in [-0.1, -0.05) is 23.7 Å². The average molecular weight is 308 g/mol. The Balaban J connectivity index is 2.19. The summed E-state index contributed by atoms with van der Waals surface area (Å²) in [6, 6.07) is 11.3. The highest BCUT2D eigenvalue weighted by Gasteiger charge is 2.12. The van der Waals surface area contributed by atoms with Crippen LogP contribution in [-0.2, 0) is 13.2 Å². The fraction of sp³-hybridized carbons (Fsp3) is 0.250. The van der Waals surface area contributed by atoms with Gasteiger partial charge in [0, 0.05) is 6.54 Å². The van der Waals surface area contributed by atoms with Crippen molar-refractivity contribution in [3.8, 4) is 17.2 Å². The SMILES string of the molecule is COc1cccc(COc2c(Cl)cc(CN)cc2OC)c1. The minimum atomic E-state index is 0.370. The molecule has 0 heterocycles. The number of benzene rings is 2. The smallest absolute Gasteiger partial charge is 0.180 e. The molecule has 2 aromatic carbocycles. The molecule has 0 amide bonds. The van der Waals surface area contributed by atoms with Crippen molar-refractivity contribution >= 4 is 11.6 Å². The van der Waals surface area contributed by atoms with Gasteiger partial charge in [0.2, 0.25) is 0 Å². The number of nitrogens with two attached hydrogens (primary N) is 1. The van der Waals surface area contributed by atoms with Crippen LogP contribution in [0.15, 0.2) is 36.4 Å². The molecule has 0 fully saturated rings. The van der Waals surface area contributed by atoms with Gasteiger partial charge in [0.15, 0.2) is 11.5 Å². The fourth-order valence-corrected chi connectivity index (χ4v) is 2.24. The van der Waals surface area contributed by atoms with Gasteiger partial charge in [-0.15, -0.1) is 0 Å². The van der Waals surface area contributed by atoms with Crippen molar-refractivity contribution in [3.05, 3.63) is 52.5 Å². The Hall–Kier alpha value is -1.91. The van der Waals surface area contributed by atoms with Crippen molar-refractivity contribution < 1.29 is 14.2 Å². The van der Waals surface area contributed by atoms with Crippen molar-refractivity contribution in [1.82, 2.24) is 0 Å². The molecule has 0 aliphatic carbocycles. The van der Waals surface area contributed by atoms with E-state index in [0.717, 1.165) is 16.9 Å². The first-order chi connectivity index (χ1) is 10.2. The van der Waals surface area contributed by atoms with Gasteiger partial charge in [0.05, 0.1) is 19.2 Å². The number of methoxy groups -OCH3 is 2. The van der Waals surface area contributed by atoms with Crippen LogP contribution in [-0.4, -0.2) is 14.2 Å². The molecular formula is C16H18ClNO3. The van der Waals surface area contributed by atoms with Crippen molar-refractivity contribution in [2.75, 3.05) is 14.2 Å². The van der Waals surface area contributed by atoms with Crippen LogP contribution in [0.2, 0.25) is 5.02 Å². The van der Waals surface area contributed by atoms with Crippen LogP contribution in [0.1, 0.15) is 11.1 Å². The summed E-state index contributed by atoms with van der Waals surface area (Å²) in [6.07, 6.45) is 0. The monoisotopic (exact) mass is 307 g/mol. The maximum absolute atomic E-state index is 6.23.